The summed E-state index contributed by atoms with van der Waals surface area (Å²) >= 11 is 5.97. The molecule has 106 valence electrons. The second-order valence-electron chi connectivity index (χ2n) is 4.34. The average Bonchev–Trinajstić information content (AvgIpc) is 2.41. The van der Waals surface area contributed by atoms with E-state index in [1.165, 1.54) is 0 Å². The predicted molar refractivity (Wildman–Crippen MR) is 77.5 cm³/mol. The average molecular weight is 285 g/mol. The molecule has 0 radical (unpaired) electrons. The van der Waals surface area contributed by atoms with Gasteiger partial charge in [-0.05, 0) is 31.5 Å². The molecule has 0 heterocycles. The molecular formula is C14H21ClN2O2. The van der Waals surface area contributed by atoms with Crippen LogP contribution in [0.5, 0.6) is 5.75 Å². The predicted octanol–water partition coefficient (Wildman–Crippen LogP) is 2.31. The molecule has 0 saturated carbocycles. The standard InChI is InChI=1S/C14H21ClN2O2/c1-17(14(18)8-4-5-9-16)10-11-19-13-7-3-2-6-12(13)15/h2-3,6-7H,4-5,8-11,16H2,1H3. The largest absolute Gasteiger partial charge is 0.490 e. The van der Waals surface area contributed by atoms with Crippen LogP contribution in [0.15, 0.2) is 24.3 Å². The lowest BCUT2D eigenvalue weighted by atomic mass is 10.2. The van der Waals surface area contributed by atoms with Crippen LogP contribution in [0.1, 0.15) is 19.3 Å². The molecule has 1 rings (SSSR count). The van der Waals surface area contributed by atoms with E-state index in [1.807, 2.05) is 18.2 Å². The molecule has 4 nitrogen and oxygen atoms in total. The van der Waals surface area contributed by atoms with E-state index in [0.717, 1.165) is 12.8 Å². The van der Waals surface area contributed by atoms with E-state index < -0.39 is 0 Å². The van der Waals surface area contributed by atoms with Crippen molar-refractivity contribution in [2.45, 2.75) is 19.3 Å². The Labute approximate surface area is 119 Å². The third-order valence-corrected chi connectivity index (χ3v) is 3.10. The molecule has 5 heteroatoms. The topological polar surface area (TPSA) is 55.6 Å². The fourth-order valence-electron chi connectivity index (χ4n) is 1.59. The van der Waals surface area contributed by atoms with Gasteiger partial charge >= 0.3 is 0 Å². The molecule has 19 heavy (non-hydrogen) atoms. The van der Waals surface area contributed by atoms with Crippen molar-refractivity contribution in [1.29, 1.82) is 0 Å². The number of nitrogens with zero attached hydrogens (tertiary/aromatic N) is 1. The molecule has 0 aliphatic carbocycles. The number of amides is 1. The van der Waals surface area contributed by atoms with E-state index in [4.69, 9.17) is 22.1 Å². The monoisotopic (exact) mass is 284 g/mol. The molecule has 0 aliphatic heterocycles. The van der Waals surface area contributed by atoms with Crippen LogP contribution in [0.25, 0.3) is 0 Å². The van der Waals surface area contributed by atoms with Crippen LogP contribution in [0.3, 0.4) is 0 Å². The van der Waals surface area contributed by atoms with Gasteiger partial charge in [-0.2, -0.15) is 0 Å². The first-order valence-electron chi connectivity index (χ1n) is 6.46. The summed E-state index contributed by atoms with van der Waals surface area (Å²) in [6, 6.07) is 7.30. The van der Waals surface area contributed by atoms with Gasteiger partial charge in [0.2, 0.25) is 5.91 Å². The van der Waals surface area contributed by atoms with E-state index in [0.29, 0.717) is 36.9 Å². The molecule has 0 aromatic heterocycles. The zero-order valence-corrected chi connectivity index (χ0v) is 12.0. The Hall–Kier alpha value is -1.26. The smallest absolute Gasteiger partial charge is 0.222 e. The van der Waals surface area contributed by atoms with E-state index in [-0.39, 0.29) is 5.91 Å². The van der Waals surface area contributed by atoms with E-state index in [2.05, 4.69) is 0 Å². The van der Waals surface area contributed by atoms with Crippen LogP contribution < -0.4 is 10.5 Å². The SMILES string of the molecule is CN(CCOc1ccccc1Cl)C(=O)CCCCN. The van der Waals surface area contributed by atoms with Gasteiger partial charge in [-0.25, -0.2) is 0 Å². The van der Waals surface area contributed by atoms with E-state index in [9.17, 15) is 4.79 Å². The third-order valence-electron chi connectivity index (χ3n) is 2.79. The number of carbonyl (C=O) groups excluding carboxylic acids is 1. The maximum absolute atomic E-state index is 11.7. The molecule has 0 saturated heterocycles. The minimum absolute atomic E-state index is 0.121. The number of halogens is 1. The Balaban J connectivity index is 2.25. The lowest BCUT2D eigenvalue weighted by Crippen LogP contribution is -2.30. The van der Waals surface area contributed by atoms with Gasteiger partial charge in [-0.1, -0.05) is 23.7 Å². The van der Waals surface area contributed by atoms with Gasteiger partial charge in [-0.15, -0.1) is 0 Å². The minimum Gasteiger partial charge on any atom is -0.490 e. The minimum atomic E-state index is 0.121. The van der Waals surface area contributed by atoms with Gasteiger partial charge < -0.3 is 15.4 Å². The molecule has 1 amide bonds. The summed E-state index contributed by atoms with van der Waals surface area (Å²) in [7, 11) is 1.78. The number of hydrogen-bond donors (Lipinski definition) is 1. The first-order chi connectivity index (χ1) is 9.15. The summed E-state index contributed by atoms with van der Waals surface area (Å²) in [5, 5.41) is 0.583. The van der Waals surface area contributed by atoms with Crippen LogP contribution in [0.2, 0.25) is 5.02 Å². The van der Waals surface area contributed by atoms with Gasteiger partial charge in [0.15, 0.2) is 0 Å². The van der Waals surface area contributed by atoms with Crippen molar-refractivity contribution in [2.24, 2.45) is 5.73 Å². The summed E-state index contributed by atoms with van der Waals surface area (Å²) in [5.74, 6) is 0.768. The highest BCUT2D eigenvalue weighted by Gasteiger charge is 2.08. The number of para-hydroxylation sites is 1. The fraction of sp³-hybridized carbons (Fsp3) is 0.500. The van der Waals surface area contributed by atoms with Crippen LogP contribution >= 0.6 is 11.6 Å². The summed E-state index contributed by atoms with van der Waals surface area (Å²) in [6.45, 7) is 1.61. The number of benzene rings is 1. The molecule has 0 bridgehead atoms. The van der Waals surface area contributed by atoms with E-state index >= 15 is 0 Å². The van der Waals surface area contributed by atoms with Crippen LogP contribution in [0.4, 0.5) is 0 Å². The van der Waals surface area contributed by atoms with Crippen LogP contribution in [-0.2, 0) is 4.79 Å². The van der Waals surface area contributed by atoms with Crippen LogP contribution in [0, 0.1) is 0 Å². The molecule has 2 N–H and O–H groups in total. The fourth-order valence-corrected chi connectivity index (χ4v) is 1.78. The zero-order chi connectivity index (χ0) is 14.1. The second-order valence-corrected chi connectivity index (χ2v) is 4.75. The molecule has 1 aromatic carbocycles. The number of ether oxygens (including phenoxy) is 1. The molecule has 0 fully saturated rings. The van der Waals surface area contributed by atoms with Crippen molar-refractivity contribution >= 4 is 17.5 Å². The van der Waals surface area contributed by atoms with Gasteiger partial charge in [-0.3, -0.25) is 4.79 Å². The molecule has 0 atom stereocenters. The highest BCUT2D eigenvalue weighted by atomic mass is 35.5. The van der Waals surface area contributed by atoms with Crippen molar-refractivity contribution in [1.82, 2.24) is 4.90 Å². The van der Waals surface area contributed by atoms with Gasteiger partial charge in [0.1, 0.15) is 12.4 Å². The van der Waals surface area contributed by atoms with Crippen molar-refractivity contribution in [2.75, 3.05) is 26.7 Å². The lowest BCUT2D eigenvalue weighted by molar-refractivity contribution is -0.130. The number of unbranched alkanes of at least 4 members (excludes halogenated alkanes) is 1. The first kappa shape index (κ1) is 15.8. The molecule has 0 unspecified atom stereocenters. The highest BCUT2D eigenvalue weighted by molar-refractivity contribution is 6.32. The Morgan fingerprint density at radius 2 is 2.11 bits per heavy atom. The lowest BCUT2D eigenvalue weighted by Gasteiger charge is -2.17. The Bertz CT molecular complexity index is 399. The van der Waals surface area contributed by atoms with Crippen molar-refractivity contribution in [3.05, 3.63) is 29.3 Å². The van der Waals surface area contributed by atoms with Gasteiger partial charge in [0.25, 0.3) is 0 Å². The number of nitrogens with two attached hydrogens (primary N) is 1. The number of carbonyl (C=O) groups is 1. The summed E-state index contributed by atoms with van der Waals surface area (Å²) in [4.78, 5) is 13.4. The Kier molecular flexibility index (Phi) is 7.30. The maximum Gasteiger partial charge on any atom is 0.222 e. The first-order valence-corrected chi connectivity index (χ1v) is 6.84. The maximum atomic E-state index is 11.7. The van der Waals surface area contributed by atoms with Crippen molar-refractivity contribution in [3.8, 4) is 5.75 Å². The quantitative estimate of drug-likeness (QED) is 0.745. The van der Waals surface area contributed by atoms with Gasteiger partial charge in [0, 0.05) is 13.5 Å². The summed E-state index contributed by atoms with van der Waals surface area (Å²) in [6.07, 6.45) is 2.26. The van der Waals surface area contributed by atoms with Crippen molar-refractivity contribution in [3.63, 3.8) is 0 Å². The van der Waals surface area contributed by atoms with Gasteiger partial charge in [0.05, 0.1) is 11.6 Å². The van der Waals surface area contributed by atoms with Crippen LogP contribution in [-0.4, -0.2) is 37.6 Å². The zero-order valence-electron chi connectivity index (χ0n) is 11.3. The molecule has 0 spiro atoms. The second kappa shape index (κ2) is 8.77. The van der Waals surface area contributed by atoms with Crippen molar-refractivity contribution < 1.29 is 9.53 Å². The normalized spacial score (nSPS) is 10.3. The number of rotatable bonds is 8. The summed E-state index contributed by atoms with van der Waals surface area (Å²) < 4.78 is 5.54. The number of hydrogen-bond acceptors (Lipinski definition) is 3. The number of likely N-dealkylation sites (N-methyl/N-ethyl adjacent to an activating group) is 1. The Morgan fingerprint density at radius 3 is 2.79 bits per heavy atom. The third kappa shape index (κ3) is 5.94. The highest BCUT2D eigenvalue weighted by Crippen LogP contribution is 2.22. The molecule has 0 aliphatic rings. The molecular weight excluding hydrogens is 264 g/mol. The summed E-state index contributed by atoms with van der Waals surface area (Å²) in [5.41, 5.74) is 5.39. The molecule has 1 aromatic rings. The van der Waals surface area contributed by atoms with E-state index in [1.54, 1.807) is 18.0 Å². The Morgan fingerprint density at radius 1 is 1.37 bits per heavy atom.